The Balaban J connectivity index is 2.13. The molecule has 0 aliphatic rings. The van der Waals surface area contributed by atoms with Crippen LogP contribution in [-0.2, 0) is 19.9 Å². The molecule has 0 amide bonds. The van der Waals surface area contributed by atoms with Crippen molar-refractivity contribution in [1.29, 1.82) is 0 Å². The molecule has 0 aliphatic carbocycles. The second kappa shape index (κ2) is 6.87. The minimum Gasteiger partial charge on any atom is -0.316 e. The third-order valence-electron chi connectivity index (χ3n) is 3.48. The lowest BCUT2D eigenvalue weighted by Gasteiger charge is -2.17. The van der Waals surface area contributed by atoms with Crippen LogP contribution in [-0.4, -0.2) is 22.9 Å². The molecule has 2 rings (SSSR count). The zero-order valence-electron chi connectivity index (χ0n) is 12.0. The second-order valence-corrected chi connectivity index (χ2v) is 6.70. The van der Waals surface area contributed by atoms with Crippen LogP contribution in [0.1, 0.15) is 17.0 Å². The number of aromatic nitrogens is 2. The van der Waals surface area contributed by atoms with E-state index in [9.17, 15) is 0 Å². The lowest BCUT2D eigenvalue weighted by atomic mass is 10.0. The normalized spacial score (nSPS) is 12.7. The van der Waals surface area contributed by atoms with Gasteiger partial charge in [0.1, 0.15) is 0 Å². The van der Waals surface area contributed by atoms with E-state index in [1.807, 2.05) is 25.7 Å². The van der Waals surface area contributed by atoms with Crippen LogP contribution in [0.25, 0.3) is 0 Å². The Morgan fingerprint density at radius 3 is 2.60 bits per heavy atom. The summed E-state index contributed by atoms with van der Waals surface area (Å²) in [5.74, 6) is 0. The zero-order valence-corrected chi connectivity index (χ0v) is 15.1. The molecule has 0 fully saturated rings. The maximum absolute atomic E-state index is 4.45. The standard InChI is InChI=1S/C15H19Br2N3/c1-10-15(17)14(20(3)19-10)9-13(18-2)8-11-5-4-6-12(16)7-11/h4-7,13,18H,8-9H2,1-3H3. The summed E-state index contributed by atoms with van der Waals surface area (Å²) in [5, 5.41) is 7.86. The lowest BCUT2D eigenvalue weighted by molar-refractivity contribution is 0.532. The molecule has 2 aromatic rings. The number of likely N-dealkylation sites (N-methyl/N-ethyl adjacent to an activating group) is 1. The van der Waals surface area contributed by atoms with Gasteiger partial charge in [0, 0.05) is 24.0 Å². The molecule has 1 atom stereocenters. The third-order valence-corrected chi connectivity index (χ3v) is 5.01. The molecule has 0 aliphatic heterocycles. The van der Waals surface area contributed by atoms with Crippen molar-refractivity contribution in [2.45, 2.75) is 25.8 Å². The number of benzene rings is 1. The topological polar surface area (TPSA) is 29.9 Å². The van der Waals surface area contributed by atoms with Gasteiger partial charge in [0.2, 0.25) is 0 Å². The minimum atomic E-state index is 0.385. The molecule has 5 heteroatoms. The van der Waals surface area contributed by atoms with Crippen molar-refractivity contribution in [1.82, 2.24) is 15.1 Å². The molecule has 108 valence electrons. The third kappa shape index (κ3) is 3.71. The van der Waals surface area contributed by atoms with Gasteiger partial charge in [-0.1, -0.05) is 28.1 Å². The molecule has 3 nitrogen and oxygen atoms in total. The SMILES string of the molecule is CNC(Cc1cccc(Br)c1)Cc1c(Br)c(C)nn1C. The van der Waals surface area contributed by atoms with Gasteiger partial charge in [-0.25, -0.2) is 0 Å². The van der Waals surface area contributed by atoms with Crippen molar-refractivity contribution in [3.05, 3.63) is 50.2 Å². The Bertz CT molecular complexity index is 593. The van der Waals surface area contributed by atoms with E-state index in [0.717, 1.165) is 27.5 Å². The number of hydrogen-bond acceptors (Lipinski definition) is 2. The minimum absolute atomic E-state index is 0.385. The summed E-state index contributed by atoms with van der Waals surface area (Å²) in [6, 6.07) is 8.86. The molecule has 0 saturated carbocycles. The molecule has 20 heavy (non-hydrogen) atoms. The highest BCUT2D eigenvalue weighted by molar-refractivity contribution is 9.10. The van der Waals surface area contributed by atoms with E-state index in [1.165, 1.54) is 11.3 Å². The zero-order chi connectivity index (χ0) is 14.7. The predicted molar refractivity (Wildman–Crippen MR) is 90.0 cm³/mol. The van der Waals surface area contributed by atoms with Gasteiger partial charge in [-0.15, -0.1) is 0 Å². The maximum Gasteiger partial charge on any atom is 0.0738 e. The molecule has 0 saturated heterocycles. The molecule has 1 unspecified atom stereocenters. The summed E-state index contributed by atoms with van der Waals surface area (Å²) in [7, 11) is 4.01. The Labute approximate surface area is 137 Å². The van der Waals surface area contributed by atoms with E-state index in [0.29, 0.717) is 6.04 Å². The van der Waals surface area contributed by atoms with Gasteiger partial charge in [-0.3, -0.25) is 4.68 Å². The first-order chi connectivity index (χ1) is 9.51. The number of halogens is 2. The molecular weight excluding hydrogens is 382 g/mol. The Kier molecular flexibility index (Phi) is 5.41. The molecule has 1 aromatic heterocycles. The molecule has 0 spiro atoms. The fourth-order valence-corrected chi connectivity index (χ4v) is 3.30. The monoisotopic (exact) mass is 399 g/mol. The average molecular weight is 401 g/mol. The summed E-state index contributed by atoms with van der Waals surface area (Å²) in [5.41, 5.74) is 3.60. The molecule has 1 N–H and O–H groups in total. The largest absolute Gasteiger partial charge is 0.316 e. The van der Waals surface area contributed by atoms with E-state index in [4.69, 9.17) is 0 Å². The Hall–Kier alpha value is -0.650. The molecular formula is C15H19Br2N3. The smallest absolute Gasteiger partial charge is 0.0738 e. The first-order valence-electron chi connectivity index (χ1n) is 6.61. The molecule has 0 bridgehead atoms. The Morgan fingerprint density at radius 2 is 2.05 bits per heavy atom. The average Bonchev–Trinajstić information content (AvgIpc) is 2.64. The van der Waals surface area contributed by atoms with Crippen LogP contribution in [0, 0.1) is 6.92 Å². The van der Waals surface area contributed by atoms with E-state index < -0.39 is 0 Å². The van der Waals surface area contributed by atoms with E-state index >= 15 is 0 Å². The number of rotatable bonds is 5. The van der Waals surface area contributed by atoms with Gasteiger partial charge in [0.25, 0.3) is 0 Å². The molecule has 0 radical (unpaired) electrons. The summed E-state index contributed by atoms with van der Waals surface area (Å²) in [4.78, 5) is 0. The lowest BCUT2D eigenvalue weighted by Crippen LogP contribution is -2.30. The van der Waals surface area contributed by atoms with Gasteiger partial charge in [-0.2, -0.15) is 5.10 Å². The summed E-state index contributed by atoms with van der Waals surface area (Å²) in [6.45, 7) is 2.02. The fourth-order valence-electron chi connectivity index (χ4n) is 2.36. The quantitative estimate of drug-likeness (QED) is 0.830. The van der Waals surface area contributed by atoms with Crippen LogP contribution < -0.4 is 5.32 Å². The van der Waals surface area contributed by atoms with Crippen LogP contribution in [0.15, 0.2) is 33.2 Å². The number of nitrogens with one attached hydrogen (secondary N) is 1. The first kappa shape index (κ1) is 15.7. The van der Waals surface area contributed by atoms with Crippen molar-refractivity contribution in [2.75, 3.05) is 7.05 Å². The van der Waals surface area contributed by atoms with E-state index in [-0.39, 0.29) is 0 Å². The van der Waals surface area contributed by atoms with Crippen LogP contribution in [0.4, 0.5) is 0 Å². The van der Waals surface area contributed by atoms with Crippen molar-refractivity contribution in [3.8, 4) is 0 Å². The van der Waals surface area contributed by atoms with Crippen molar-refractivity contribution in [3.63, 3.8) is 0 Å². The maximum atomic E-state index is 4.45. The molecule has 1 heterocycles. The van der Waals surface area contributed by atoms with Gasteiger partial charge in [0.05, 0.1) is 15.9 Å². The highest BCUT2D eigenvalue weighted by Gasteiger charge is 2.16. The number of aryl methyl sites for hydroxylation is 2. The van der Waals surface area contributed by atoms with Crippen LogP contribution in [0.3, 0.4) is 0 Å². The predicted octanol–water partition coefficient (Wildman–Crippen LogP) is 3.63. The highest BCUT2D eigenvalue weighted by atomic mass is 79.9. The molecule has 1 aromatic carbocycles. The first-order valence-corrected chi connectivity index (χ1v) is 8.19. The van der Waals surface area contributed by atoms with Crippen molar-refractivity contribution >= 4 is 31.9 Å². The van der Waals surface area contributed by atoms with Gasteiger partial charge in [-0.05, 0) is 54.0 Å². The Morgan fingerprint density at radius 1 is 1.30 bits per heavy atom. The van der Waals surface area contributed by atoms with Crippen LogP contribution >= 0.6 is 31.9 Å². The summed E-state index contributed by atoms with van der Waals surface area (Å²) in [6.07, 6.45) is 1.94. The second-order valence-electron chi connectivity index (χ2n) is 4.99. The fraction of sp³-hybridized carbons (Fsp3) is 0.400. The van der Waals surface area contributed by atoms with Gasteiger partial charge < -0.3 is 5.32 Å². The van der Waals surface area contributed by atoms with E-state index in [1.54, 1.807) is 0 Å². The summed E-state index contributed by atoms with van der Waals surface area (Å²) < 4.78 is 4.21. The van der Waals surface area contributed by atoms with Crippen molar-refractivity contribution < 1.29 is 0 Å². The van der Waals surface area contributed by atoms with Gasteiger partial charge >= 0.3 is 0 Å². The van der Waals surface area contributed by atoms with E-state index in [2.05, 4.69) is 66.5 Å². The van der Waals surface area contributed by atoms with Crippen molar-refractivity contribution in [2.24, 2.45) is 7.05 Å². The highest BCUT2D eigenvalue weighted by Crippen LogP contribution is 2.22. The van der Waals surface area contributed by atoms with Gasteiger partial charge in [0.15, 0.2) is 0 Å². The number of hydrogen-bond donors (Lipinski definition) is 1. The van der Waals surface area contributed by atoms with Crippen LogP contribution in [0.5, 0.6) is 0 Å². The van der Waals surface area contributed by atoms with Crippen LogP contribution in [0.2, 0.25) is 0 Å². The summed E-state index contributed by atoms with van der Waals surface area (Å²) >= 11 is 7.16. The number of nitrogens with zero attached hydrogens (tertiary/aromatic N) is 2.